The minimum atomic E-state index is -0.137. The number of hydrogen-bond acceptors (Lipinski definition) is 2. The first-order valence-electron chi connectivity index (χ1n) is 4.41. The summed E-state index contributed by atoms with van der Waals surface area (Å²) in [7, 11) is 0. The Morgan fingerprint density at radius 2 is 2.07 bits per heavy atom. The molecule has 0 saturated carbocycles. The smallest absolute Gasteiger partial charge is 0.273 e. The molecule has 1 aromatic carbocycles. The maximum Gasteiger partial charge on any atom is 0.273 e. The van der Waals surface area contributed by atoms with Gasteiger partial charge in [0.05, 0.1) is 10.9 Å². The first kappa shape index (κ1) is 8.67. The molecule has 0 saturated heterocycles. The molecule has 15 heavy (non-hydrogen) atoms. The van der Waals surface area contributed by atoms with Crippen molar-refractivity contribution in [1.29, 1.82) is 0 Å². The first-order valence-corrected chi connectivity index (χ1v) is 5.20. The minimum absolute atomic E-state index is 0.137. The lowest BCUT2D eigenvalue weighted by molar-refractivity contribution is 1.07. The van der Waals surface area contributed by atoms with Crippen molar-refractivity contribution in [3.63, 3.8) is 0 Å². The number of rotatable bonds is 0. The fourth-order valence-corrected chi connectivity index (χ4v) is 1.94. The fourth-order valence-electron chi connectivity index (χ4n) is 1.59. The van der Waals surface area contributed by atoms with Gasteiger partial charge in [-0.2, -0.15) is 0 Å². The van der Waals surface area contributed by atoms with E-state index in [1.165, 1.54) is 0 Å². The Morgan fingerprint density at radius 3 is 2.93 bits per heavy atom. The van der Waals surface area contributed by atoms with E-state index in [2.05, 4.69) is 31.1 Å². The van der Waals surface area contributed by atoms with Crippen LogP contribution in [0.2, 0.25) is 0 Å². The molecule has 4 nitrogen and oxygen atoms in total. The molecule has 2 heterocycles. The molecule has 5 heteroatoms. The predicted octanol–water partition coefficient (Wildman–Crippen LogP) is 2.17. The summed E-state index contributed by atoms with van der Waals surface area (Å²) in [6, 6.07) is 7.61. The molecule has 0 radical (unpaired) electrons. The summed E-state index contributed by atoms with van der Waals surface area (Å²) >= 11 is 3.38. The molecule has 0 unspecified atom stereocenters. The molecule has 0 fully saturated rings. The van der Waals surface area contributed by atoms with Crippen LogP contribution in [0.25, 0.3) is 21.9 Å². The van der Waals surface area contributed by atoms with Gasteiger partial charge in [0.15, 0.2) is 5.65 Å². The molecule has 3 aromatic rings. The number of aromatic nitrogens is 3. The van der Waals surface area contributed by atoms with Crippen molar-refractivity contribution in [1.82, 2.24) is 15.2 Å². The molecular weight excluding hydrogens is 258 g/mol. The normalized spacial score (nSPS) is 11.3. The van der Waals surface area contributed by atoms with E-state index in [9.17, 15) is 4.79 Å². The highest BCUT2D eigenvalue weighted by atomic mass is 79.9. The molecule has 3 rings (SSSR count). The van der Waals surface area contributed by atoms with E-state index in [0.29, 0.717) is 11.0 Å². The van der Waals surface area contributed by atoms with Crippen LogP contribution in [0.3, 0.4) is 0 Å². The number of fused-ring (bicyclic) bond motifs is 2. The van der Waals surface area contributed by atoms with Crippen LogP contribution < -0.4 is 5.56 Å². The van der Waals surface area contributed by atoms with Crippen molar-refractivity contribution >= 4 is 37.9 Å². The molecule has 2 aromatic heterocycles. The average Bonchev–Trinajstić information content (AvgIpc) is 2.57. The van der Waals surface area contributed by atoms with E-state index < -0.39 is 0 Å². The van der Waals surface area contributed by atoms with Crippen LogP contribution in [-0.4, -0.2) is 15.2 Å². The highest BCUT2D eigenvalue weighted by molar-refractivity contribution is 9.10. The van der Waals surface area contributed by atoms with Crippen molar-refractivity contribution < 1.29 is 0 Å². The SMILES string of the molecule is O=c1[nH][nH]c2nc3cc(Br)ccc3cc12. The number of hydrogen-bond donors (Lipinski definition) is 2. The van der Waals surface area contributed by atoms with Gasteiger partial charge in [0.25, 0.3) is 5.56 Å². The molecule has 2 N–H and O–H groups in total. The second kappa shape index (κ2) is 2.93. The zero-order valence-corrected chi connectivity index (χ0v) is 9.13. The lowest BCUT2D eigenvalue weighted by atomic mass is 10.2. The summed E-state index contributed by atoms with van der Waals surface area (Å²) in [4.78, 5) is 15.7. The van der Waals surface area contributed by atoms with Gasteiger partial charge in [0.1, 0.15) is 0 Å². The van der Waals surface area contributed by atoms with Crippen molar-refractivity contribution in [2.75, 3.05) is 0 Å². The van der Waals surface area contributed by atoms with Gasteiger partial charge in [0, 0.05) is 9.86 Å². The Kier molecular flexibility index (Phi) is 1.70. The third-order valence-corrected chi connectivity index (χ3v) is 2.81. The summed E-state index contributed by atoms with van der Waals surface area (Å²) in [5.74, 6) is 0. The van der Waals surface area contributed by atoms with Crippen molar-refractivity contribution in [2.24, 2.45) is 0 Å². The van der Waals surface area contributed by atoms with E-state index in [-0.39, 0.29) is 5.56 Å². The standard InChI is InChI=1S/C10H6BrN3O/c11-6-2-1-5-3-7-9(12-8(5)4-6)13-14-10(7)15/h1-4H,(H2,12,13,14,15). The summed E-state index contributed by atoms with van der Waals surface area (Å²) in [5, 5.41) is 6.79. The van der Waals surface area contributed by atoms with Crippen LogP contribution in [0.1, 0.15) is 0 Å². The van der Waals surface area contributed by atoms with Crippen LogP contribution in [0.4, 0.5) is 0 Å². The van der Waals surface area contributed by atoms with Gasteiger partial charge in [-0.15, -0.1) is 0 Å². The van der Waals surface area contributed by atoms with Crippen LogP contribution in [0, 0.1) is 0 Å². The zero-order chi connectivity index (χ0) is 10.4. The van der Waals surface area contributed by atoms with Crippen LogP contribution in [-0.2, 0) is 0 Å². The highest BCUT2D eigenvalue weighted by Gasteiger charge is 2.04. The second-order valence-corrected chi connectivity index (χ2v) is 4.22. The number of nitrogens with one attached hydrogen (secondary N) is 2. The molecule has 0 atom stereocenters. The molecule has 0 aliphatic rings. The van der Waals surface area contributed by atoms with Crippen molar-refractivity contribution in [2.45, 2.75) is 0 Å². The van der Waals surface area contributed by atoms with Gasteiger partial charge >= 0.3 is 0 Å². The average molecular weight is 264 g/mol. The largest absolute Gasteiger partial charge is 0.281 e. The van der Waals surface area contributed by atoms with E-state index in [1.54, 1.807) is 0 Å². The van der Waals surface area contributed by atoms with Gasteiger partial charge < -0.3 is 0 Å². The molecule has 0 amide bonds. The van der Waals surface area contributed by atoms with E-state index in [1.807, 2.05) is 24.3 Å². The number of benzene rings is 1. The van der Waals surface area contributed by atoms with E-state index in [0.717, 1.165) is 15.4 Å². The van der Waals surface area contributed by atoms with Crippen molar-refractivity contribution in [3.8, 4) is 0 Å². The number of halogens is 1. The van der Waals surface area contributed by atoms with Crippen LogP contribution in [0.5, 0.6) is 0 Å². The maximum atomic E-state index is 11.4. The number of H-pyrrole nitrogens is 2. The quantitative estimate of drug-likeness (QED) is 0.653. The Balaban J connectivity index is 2.54. The van der Waals surface area contributed by atoms with Gasteiger partial charge in [-0.1, -0.05) is 22.0 Å². The Hall–Kier alpha value is -1.62. The molecule has 0 bridgehead atoms. The number of aromatic amines is 2. The molecule has 0 spiro atoms. The Morgan fingerprint density at radius 1 is 1.20 bits per heavy atom. The summed E-state index contributed by atoms with van der Waals surface area (Å²) in [6.45, 7) is 0. The Bertz CT molecular complexity index is 713. The highest BCUT2D eigenvalue weighted by Crippen LogP contribution is 2.20. The second-order valence-electron chi connectivity index (χ2n) is 3.30. The minimum Gasteiger partial charge on any atom is -0.281 e. The first-order chi connectivity index (χ1) is 7.24. The van der Waals surface area contributed by atoms with Gasteiger partial charge in [-0.05, 0) is 18.2 Å². The molecular formula is C10H6BrN3O. The summed E-state index contributed by atoms with van der Waals surface area (Å²) in [6.07, 6.45) is 0. The van der Waals surface area contributed by atoms with E-state index in [4.69, 9.17) is 0 Å². The molecule has 0 aliphatic carbocycles. The van der Waals surface area contributed by atoms with Crippen LogP contribution >= 0.6 is 15.9 Å². The lowest BCUT2D eigenvalue weighted by Gasteiger charge is -1.97. The number of pyridine rings is 1. The Labute approximate surface area is 92.4 Å². The maximum absolute atomic E-state index is 11.4. The number of nitrogens with zero attached hydrogens (tertiary/aromatic N) is 1. The third-order valence-electron chi connectivity index (χ3n) is 2.32. The lowest BCUT2D eigenvalue weighted by Crippen LogP contribution is -1.97. The van der Waals surface area contributed by atoms with Gasteiger partial charge in [0.2, 0.25) is 0 Å². The van der Waals surface area contributed by atoms with Gasteiger partial charge in [-0.3, -0.25) is 15.0 Å². The summed E-state index contributed by atoms with van der Waals surface area (Å²) in [5.41, 5.74) is 1.31. The van der Waals surface area contributed by atoms with Crippen LogP contribution in [0.15, 0.2) is 33.5 Å². The van der Waals surface area contributed by atoms with Crippen molar-refractivity contribution in [3.05, 3.63) is 39.1 Å². The topological polar surface area (TPSA) is 61.5 Å². The summed E-state index contributed by atoms with van der Waals surface area (Å²) < 4.78 is 0.972. The third kappa shape index (κ3) is 1.27. The fraction of sp³-hybridized carbons (Fsp3) is 0. The zero-order valence-electron chi connectivity index (χ0n) is 7.54. The van der Waals surface area contributed by atoms with E-state index >= 15 is 0 Å². The van der Waals surface area contributed by atoms with Gasteiger partial charge in [-0.25, -0.2) is 4.98 Å². The predicted molar refractivity (Wildman–Crippen MR) is 61.9 cm³/mol. The molecule has 0 aliphatic heterocycles. The monoisotopic (exact) mass is 263 g/mol. The molecule has 74 valence electrons.